The molecule has 0 unspecified atom stereocenters. The van der Waals surface area contributed by atoms with Crippen LogP contribution in [0.15, 0.2) is 24.3 Å². The first kappa shape index (κ1) is 16.0. The summed E-state index contributed by atoms with van der Waals surface area (Å²) in [6.45, 7) is 0.747. The zero-order valence-electron chi connectivity index (χ0n) is 13.5. The van der Waals surface area contributed by atoms with Crippen LogP contribution in [0.5, 0.6) is 0 Å². The molecule has 3 N–H and O–H groups in total. The van der Waals surface area contributed by atoms with E-state index >= 15 is 0 Å². The van der Waals surface area contributed by atoms with Crippen LogP contribution in [0.25, 0.3) is 0 Å². The van der Waals surface area contributed by atoms with Crippen LogP contribution in [0, 0.1) is 0 Å². The first-order valence-corrected chi connectivity index (χ1v) is 8.59. The van der Waals surface area contributed by atoms with Crippen molar-refractivity contribution in [3.63, 3.8) is 0 Å². The van der Waals surface area contributed by atoms with Crippen molar-refractivity contribution < 1.29 is 9.59 Å². The van der Waals surface area contributed by atoms with Gasteiger partial charge in [0.2, 0.25) is 11.8 Å². The van der Waals surface area contributed by atoms with Gasteiger partial charge in [-0.1, -0.05) is 25.3 Å². The molecule has 1 saturated carbocycles. The van der Waals surface area contributed by atoms with E-state index in [0.717, 1.165) is 57.2 Å². The summed E-state index contributed by atoms with van der Waals surface area (Å²) in [7, 11) is 0. The normalized spacial score (nSPS) is 21.1. The third kappa shape index (κ3) is 3.55. The molecule has 0 spiro atoms. The van der Waals surface area contributed by atoms with Crippen molar-refractivity contribution in [3.05, 3.63) is 24.3 Å². The van der Waals surface area contributed by atoms with Gasteiger partial charge in [-0.2, -0.15) is 0 Å². The average Bonchev–Trinajstić information content (AvgIpc) is 2.56. The minimum atomic E-state index is -0.755. The molecule has 1 aliphatic carbocycles. The summed E-state index contributed by atoms with van der Waals surface area (Å²) in [5.74, 6) is 0.0432. The number of anilines is 2. The van der Waals surface area contributed by atoms with E-state index in [2.05, 4.69) is 5.32 Å². The quantitative estimate of drug-likeness (QED) is 0.900. The van der Waals surface area contributed by atoms with E-state index in [1.54, 1.807) is 4.90 Å². The standard InChI is InChI=1S/C18H25N3O2/c19-18(10-3-1-4-11-18)17(23)20-14-7-6-8-15(13-14)21-12-5-2-9-16(21)22/h6-8,13H,1-5,9-12,19H2,(H,20,23). The number of piperidine rings is 1. The van der Waals surface area contributed by atoms with Gasteiger partial charge in [0.15, 0.2) is 0 Å². The van der Waals surface area contributed by atoms with Gasteiger partial charge >= 0.3 is 0 Å². The smallest absolute Gasteiger partial charge is 0.244 e. The molecule has 1 aromatic rings. The van der Waals surface area contributed by atoms with Crippen LogP contribution in [-0.2, 0) is 9.59 Å². The number of nitrogens with zero attached hydrogens (tertiary/aromatic N) is 1. The molecule has 2 aliphatic rings. The molecule has 23 heavy (non-hydrogen) atoms. The van der Waals surface area contributed by atoms with Crippen LogP contribution < -0.4 is 16.0 Å². The maximum absolute atomic E-state index is 12.5. The molecule has 0 bridgehead atoms. The second kappa shape index (κ2) is 6.71. The number of nitrogens with two attached hydrogens (primary N) is 1. The third-order valence-corrected chi connectivity index (χ3v) is 4.94. The van der Waals surface area contributed by atoms with E-state index in [4.69, 9.17) is 5.73 Å². The number of hydrogen-bond donors (Lipinski definition) is 2. The molecular weight excluding hydrogens is 290 g/mol. The monoisotopic (exact) mass is 315 g/mol. The highest BCUT2D eigenvalue weighted by Gasteiger charge is 2.35. The number of carbonyl (C=O) groups is 2. The van der Waals surface area contributed by atoms with E-state index in [-0.39, 0.29) is 11.8 Å². The van der Waals surface area contributed by atoms with Crippen LogP contribution in [0.4, 0.5) is 11.4 Å². The van der Waals surface area contributed by atoms with Crippen molar-refractivity contribution in [1.82, 2.24) is 0 Å². The molecule has 124 valence electrons. The van der Waals surface area contributed by atoms with Gasteiger partial charge in [-0.3, -0.25) is 9.59 Å². The van der Waals surface area contributed by atoms with Crippen LogP contribution >= 0.6 is 0 Å². The van der Waals surface area contributed by atoms with Gasteiger partial charge in [-0.05, 0) is 43.9 Å². The van der Waals surface area contributed by atoms with Crippen LogP contribution in [0.1, 0.15) is 51.4 Å². The highest BCUT2D eigenvalue weighted by molar-refractivity contribution is 5.99. The predicted octanol–water partition coefficient (Wildman–Crippen LogP) is 2.80. The SMILES string of the molecule is NC1(C(=O)Nc2cccc(N3CCCCC3=O)c2)CCCCC1. The lowest BCUT2D eigenvalue weighted by atomic mass is 9.82. The molecule has 5 nitrogen and oxygen atoms in total. The van der Waals surface area contributed by atoms with Crippen molar-refractivity contribution in [2.75, 3.05) is 16.8 Å². The van der Waals surface area contributed by atoms with Crippen molar-refractivity contribution >= 4 is 23.2 Å². The van der Waals surface area contributed by atoms with Gasteiger partial charge in [-0.25, -0.2) is 0 Å². The predicted molar refractivity (Wildman–Crippen MR) is 91.3 cm³/mol. The lowest BCUT2D eigenvalue weighted by Crippen LogP contribution is -2.52. The first-order chi connectivity index (χ1) is 11.1. The summed E-state index contributed by atoms with van der Waals surface area (Å²) in [5, 5.41) is 2.94. The summed E-state index contributed by atoms with van der Waals surface area (Å²) in [6.07, 6.45) is 7.22. The second-order valence-corrected chi connectivity index (χ2v) is 6.72. The van der Waals surface area contributed by atoms with Gasteiger partial charge in [0.1, 0.15) is 0 Å². The Bertz CT molecular complexity index is 594. The Morgan fingerprint density at radius 2 is 1.91 bits per heavy atom. The fourth-order valence-corrected chi connectivity index (χ4v) is 3.50. The molecule has 1 aliphatic heterocycles. The minimum Gasteiger partial charge on any atom is -0.324 e. The third-order valence-electron chi connectivity index (χ3n) is 4.94. The van der Waals surface area contributed by atoms with Gasteiger partial charge in [0.05, 0.1) is 5.54 Å². The van der Waals surface area contributed by atoms with Gasteiger partial charge < -0.3 is 16.0 Å². The molecule has 5 heteroatoms. The Morgan fingerprint density at radius 1 is 1.13 bits per heavy atom. The zero-order chi connectivity index (χ0) is 16.3. The number of nitrogens with one attached hydrogen (secondary N) is 1. The Labute approximate surface area is 137 Å². The Morgan fingerprint density at radius 3 is 2.65 bits per heavy atom. The zero-order valence-corrected chi connectivity index (χ0v) is 13.5. The van der Waals surface area contributed by atoms with Crippen molar-refractivity contribution in [3.8, 4) is 0 Å². The molecule has 0 aromatic heterocycles. The summed E-state index contributed by atoms with van der Waals surface area (Å²) < 4.78 is 0. The van der Waals surface area contributed by atoms with E-state index in [1.165, 1.54) is 0 Å². The first-order valence-electron chi connectivity index (χ1n) is 8.59. The van der Waals surface area contributed by atoms with E-state index in [1.807, 2.05) is 24.3 Å². The lowest BCUT2D eigenvalue weighted by Gasteiger charge is -2.32. The maximum Gasteiger partial charge on any atom is 0.244 e. The van der Waals surface area contributed by atoms with E-state index in [9.17, 15) is 9.59 Å². The topological polar surface area (TPSA) is 75.4 Å². The molecule has 0 atom stereocenters. The molecule has 1 heterocycles. The molecule has 3 rings (SSSR count). The molecule has 1 saturated heterocycles. The van der Waals surface area contributed by atoms with E-state index in [0.29, 0.717) is 12.1 Å². The van der Waals surface area contributed by atoms with Crippen LogP contribution in [0.2, 0.25) is 0 Å². The number of rotatable bonds is 3. The fraction of sp³-hybridized carbons (Fsp3) is 0.556. The van der Waals surface area contributed by atoms with Gasteiger partial charge in [0, 0.05) is 24.3 Å². The molecule has 1 aromatic carbocycles. The van der Waals surface area contributed by atoms with Crippen LogP contribution in [-0.4, -0.2) is 23.9 Å². The van der Waals surface area contributed by atoms with Gasteiger partial charge in [0.25, 0.3) is 0 Å². The minimum absolute atomic E-state index is 0.112. The number of hydrogen-bond acceptors (Lipinski definition) is 3. The molecular formula is C18H25N3O2. The molecule has 0 radical (unpaired) electrons. The number of carbonyl (C=O) groups excluding carboxylic acids is 2. The molecule has 2 fully saturated rings. The van der Waals surface area contributed by atoms with Crippen LogP contribution in [0.3, 0.4) is 0 Å². The van der Waals surface area contributed by atoms with Crippen molar-refractivity contribution in [2.24, 2.45) is 5.73 Å². The largest absolute Gasteiger partial charge is 0.324 e. The Hall–Kier alpha value is -1.88. The second-order valence-electron chi connectivity index (χ2n) is 6.72. The molecule has 2 amide bonds. The number of benzene rings is 1. The van der Waals surface area contributed by atoms with Crippen molar-refractivity contribution in [1.29, 1.82) is 0 Å². The average molecular weight is 315 g/mol. The Kier molecular flexibility index (Phi) is 4.66. The highest BCUT2D eigenvalue weighted by atomic mass is 16.2. The highest BCUT2D eigenvalue weighted by Crippen LogP contribution is 2.28. The summed E-state index contributed by atoms with van der Waals surface area (Å²) in [4.78, 5) is 26.4. The Balaban J connectivity index is 1.72. The summed E-state index contributed by atoms with van der Waals surface area (Å²) in [6, 6.07) is 7.50. The number of amides is 2. The van der Waals surface area contributed by atoms with E-state index < -0.39 is 5.54 Å². The summed E-state index contributed by atoms with van der Waals surface area (Å²) in [5.41, 5.74) is 7.08. The maximum atomic E-state index is 12.5. The lowest BCUT2D eigenvalue weighted by molar-refractivity contribution is -0.122. The fourth-order valence-electron chi connectivity index (χ4n) is 3.50. The summed E-state index contributed by atoms with van der Waals surface area (Å²) >= 11 is 0. The van der Waals surface area contributed by atoms with Crippen molar-refractivity contribution in [2.45, 2.75) is 56.9 Å². The van der Waals surface area contributed by atoms with Gasteiger partial charge in [-0.15, -0.1) is 0 Å².